The summed E-state index contributed by atoms with van der Waals surface area (Å²) in [5.41, 5.74) is 3.89. The molecule has 0 atom stereocenters. The summed E-state index contributed by atoms with van der Waals surface area (Å²) in [7, 11) is 1.55. The van der Waals surface area contributed by atoms with Crippen LogP contribution < -0.4 is 15.5 Å². The molecular weight excluding hydrogens is 370 g/mol. The molecule has 0 heterocycles. The summed E-state index contributed by atoms with van der Waals surface area (Å²) in [4.78, 5) is 25.0. The van der Waals surface area contributed by atoms with Gasteiger partial charge in [0.25, 0.3) is 11.8 Å². The zero-order valence-corrected chi connectivity index (χ0v) is 15.6. The number of rotatable bonds is 6. The lowest BCUT2D eigenvalue weighted by Gasteiger charge is -2.10. The van der Waals surface area contributed by atoms with Crippen LogP contribution >= 0.6 is 0 Å². The number of carbonyl (C=O) groups is 2. The van der Waals surface area contributed by atoms with E-state index in [1.54, 1.807) is 73.8 Å². The van der Waals surface area contributed by atoms with Crippen molar-refractivity contribution in [2.75, 3.05) is 12.4 Å². The van der Waals surface area contributed by atoms with Gasteiger partial charge in [0, 0.05) is 11.1 Å². The van der Waals surface area contributed by atoms with Crippen molar-refractivity contribution in [3.05, 3.63) is 89.5 Å². The van der Waals surface area contributed by atoms with Crippen molar-refractivity contribution < 1.29 is 19.4 Å². The Kier molecular flexibility index (Phi) is 6.22. The lowest BCUT2D eigenvalue weighted by Crippen LogP contribution is -2.21. The first-order chi connectivity index (χ1) is 14.1. The molecule has 0 aliphatic carbocycles. The first-order valence-corrected chi connectivity index (χ1v) is 8.74. The Morgan fingerprint density at radius 2 is 1.62 bits per heavy atom. The first-order valence-electron chi connectivity index (χ1n) is 8.74. The zero-order chi connectivity index (χ0) is 20.6. The number of para-hydroxylation sites is 2. The molecule has 0 spiro atoms. The minimum atomic E-state index is -0.498. The van der Waals surface area contributed by atoms with Crippen molar-refractivity contribution in [2.45, 2.75) is 0 Å². The van der Waals surface area contributed by atoms with Gasteiger partial charge in [-0.15, -0.1) is 0 Å². The largest absolute Gasteiger partial charge is 0.507 e. The van der Waals surface area contributed by atoms with Gasteiger partial charge < -0.3 is 15.2 Å². The summed E-state index contributed by atoms with van der Waals surface area (Å²) in [5, 5.41) is 16.3. The van der Waals surface area contributed by atoms with E-state index in [0.29, 0.717) is 22.6 Å². The van der Waals surface area contributed by atoms with Crippen LogP contribution in [0.4, 0.5) is 5.69 Å². The number of ether oxygens (including phenoxy) is 1. The van der Waals surface area contributed by atoms with Crippen LogP contribution in [0.2, 0.25) is 0 Å². The summed E-state index contributed by atoms with van der Waals surface area (Å²) >= 11 is 0. The Hall–Kier alpha value is -4.13. The molecule has 3 rings (SSSR count). The molecule has 0 unspecified atom stereocenters. The van der Waals surface area contributed by atoms with Gasteiger partial charge in [-0.2, -0.15) is 5.10 Å². The van der Waals surface area contributed by atoms with Crippen LogP contribution in [0.15, 0.2) is 77.9 Å². The van der Waals surface area contributed by atoms with E-state index in [4.69, 9.17) is 4.74 Å². The molecule has 0 bridgehead atoms. The third kappa shape index (κ3) is 4.98. The Balaban J connectivity index is 1.71. The van der Waals surface area contributed by atoms with E-state index < -0.39 is 5.91 Å². The SMILES string of the molecule is COc1ccc(C(=O)Nc2ccccc2C(=O)N/N=C/c2ccccc2O)cc1. The van der Waals surface area contributed by atoms with Gasteiger partial charge >= 0.3 is 0 Å². The highest BCUT2D eigenvalue weighted by Crippen LogP contribution is 2.18. The first kappa shape index (κ1) is 19.6. The van der Waals surface area contributed by atoms with E-state index in [1.807, 2.05) is 0 Å². The average molecular weight is 389 g/mol. The highest BCUT2D eigenvalue weighted by atomic mass is 16.5. The number of methoxy groups -OCH3 is 1. The number of benzene rings is 3. The third-order valence-electron chi connectivity index (χ3n) is 4.08. The Morgan fingerprint density at radius 1 is 0.931 bits per heavy atom. The molecule has 7 heteroatoms. The maximum Gasteiger partial charge on any atom is 0.273 e. The van der Waals surface area contributed by atoms with E-state index >= 15 is 0 Å². The quantitative estimate of drug-likeness (QED) is 0.444. The van der Waals surface area contributed by atoms with E-state index in [1.165, 1.54) is 12.3 Å². The molecule has 0 saturated heterocycles. The summed E-state index contributed by atoms with van der Waals surface area (Å²) in [6, 6.07) is 19.8. The van der Waals surface area contributed by atoms with E-state index in [-0.39, 0.29) is 17.2 Å². The number of phenols is 1. The number of nitrogens with one attached hydrogen (secondary N) is 2. The van der Waals surface area contributed by atoms with E-state index in [0.717, 1.165) is 0 Å². The lowest BCUT2D eigenvalue weighted by molar-refractivity contribution is 0.0956. The number of nitrogens with zero attached hydrogens (tertiary/aromatic N) is 1. The number of carbonyl (C=O) groups excluding carboxylic acids is 2. The number of hydrazone groups is 1. The van der Waals surface area contributed by atoms with Crippen LogP contribution in [0.25, 0.3) is 0 Å². The second-order valence-corrected chi connectivity index (χ2v) is 5.99. The smallest absolute Gasteiger partial charge is 0.273 e. The molecule has 0 aromatic heterocycles. The molecule has 0 aliphatic heterocycles. The van der Waals surface area contributed by atoms with Crippen molar-refractivity contribution in [1.82, 2.24) is 5.43 Å². The molecule has 3 N–H and O–H groups in total. The van der Waals surface area contributed by atoms with Crippen molar-refractivity contribution in [1.29, 1.82) is 0 Å². The minimum Gasteiger partial charge on any atom is -0.507 e. The second-order valence-electron chi connectivity index (χ2n) is 5.99. The molecule has 3 aromatic carbocycles. The number of hydrogen-bond acceptors (Lipinski definition) is 5. The maximum atomic E-state index is 12.5. The molecule has 0 saturated carbocycles. The Labute approximate surface area is 167 Å². The number of amides is 2. The molecular formula is C22H19N3O4. The zero-order valence-electron chi connectivity index (χ0n) is 15.6. The average Bonchev–Trinajstić information content (AvgIpc) is 2.75. The molecule has 0 aliphatic rings. The Morgan fingerprint density at radius 3 is 2.34 bits per heavy atom. The fourth-order valence-electron chi connectivity index (χ4n) is 2.54. The molecule has 29 heavy (non-hydrogen) atoms. The summed E-state index contributed by atoms with van der Waals surface area (Å²) < 4.78 is 5.08. The van der Waals surface area contributed by atoms with E-state index in [2.05, 4.69) is 15.8 Å². The van der Waals surface area contributed by atoms with Gasteiger partial charge in [0.05, 0.1) is 24.6 Å². The summed E-state index contributed by atoms with van der Waals surface area (Å²) in [6.07, 6.45) is 1.34. The van der Waals surface area contributed by atoms with Gasteiger partial charge in [-0.05, 0) is 48.5 Å². The van der Waals surface area contributed by atoms with Crippen LogP contribution in [0.1, 0.15) is 26.3 Å². The lowest BCUT2D eigenvalue weighted by atomic mass is 10.1. The van der Waals surface area contributed by atoms with Gasteiger partial charge in [-0.1, -0.05) is 24.3 Å². The highest BCUT2D eigenvalue weighted by molar-refractivity contribution is 6.09. The predicted molar refractivity (Wildman–Crippen MR) is 111 cm³/mol. The molecule has 7 nitrogen and oxygen atoms in total. The molecule has 146 valence electrons. The van der Waals surface area contributed by atoms with Crippen LogP contribution in [0.5, 0.6) is 11.5 Å². The predicted octanol–water partition coefficient (Wildman–Crippen LogP) is 3.42. The molecule has 2 amide bonds. The van der Waals surface area contributed by atoms with Gasteiger partial charge in [0.15, 0.2) is 0 Å². The maximum absolute atomic E-state index is 12.5. The third-order valence-corrected chi connectivity index (χ3v) is 4.08. The van der Waals surface area contributed by atoms with Crippen molar-refractivity contribution in [3.63, 3.8) is 0 Å². The van der Waals surface area contributed by atoms with Gasteiger partial charge in [0.2, 0.25) is 0 Å². The van der Waals surface area contributed by atoms with Gasteiger partial charge in [-0.25, -0.2) is 5.43 Å². The monoisotopic (exact) mass is 389 g/mol. The van der Waals surface area contributed by atoms with Crippen LogP contribution in [-0.2, 0) is 0 Å². The minimum absolute atomic E-state index is 0.0534. The normalized spacial score (nSPS) is 10.5. The van der Waals surface area contributed by atoms with Crippen molar-refractivity contribution >= 4 is 23.7 Å². The highest BCUT2D eigenvalue weighted by Gasteiger charge is 2.14. The van der Waals surface area contributed by atoms with Crippen LogP contribution in [0, 0.1) is 0 Å². The molecule has 0 radical (unpaired) electrons. The fourth-order valence-corrected chi connectivity index (χ4v) is 2.54. The molecule has 3 aromatic rings. The van der Waals surface area contributed by atoms with E-state index in [9.17, 15) is 14.7 Å². The number of hydrogen-bond donors (Lipinski definition) is 3. The van der Waals surface area contributed by atoms with Crippen LogP contribution in [-0.4, -0.2) is 30.2 Å². The van der Waals surface area contributed by atoms with Crippen molar-refractivity contribution in [3.8, 4) is 11.5 Å². The standard InChI is InChI=1S/C22H19N3O4/c1-29-17-12-10-15(11-13-17)21(27)24-19-8-4-3-7-18(19)22(28)25-23-14-16-6-2-5-9-20(16)26/h2-14,26H,1H3,(H,24,27)(H,25,28)/b23-14+. The summed E-state index contributed by atoms with van der Waals surface area (Å²) in [6.45, 7) is 0. The summed E-state index contributed by atoms with van der Waals surface area (Å²) in [5.74, 6) is -0.158. The van der Waals surface area contributed by atoms with Crippen molar-refractivity contribution in [2.24, 2.45) is 5.10 Å². The van der Waals surface area contributed by atoms with Gasteiger partial charge in [0.1, 0.15) is 11.5 Å². The fraction of sp³-hybridized carbons (Fsp3) is 0.0455. The van der Waals surface area contributed by atoms with Gasteiger partial charge in [-0.3, -0.25) is 9.59 Å². The number of aromatic hydroxyl groups is 1. The second kappa shape index (κ2) is 9.18. The number of phenolic OH excluding ortho intramolecular Hbond substituents is 1. The topological polar surface area (TPSA) is 100 Å². The van der Waals surface area contributed by atoms with Crippen LogP contribution in [0.3, 0.4) is 0 Å². The molecule has 0 fully saturated rings. The Bertz CT molecular complexity index is 1050. The number of anilines is 1.